The molecule has 0 bridgehead atoms. The van der Waals surface area contributed by atoms with Crippen LogP contribution in [0, 0.1) is 0 Å². The molecule has 2 heterocycles. The van der Waals surface area contributed by atoms with Gasteiger partial charge in [0.15, 0.2) is 0 Å². The van der Waals surface area contributed by atoms with E-state index in [1.165, 1.54) is 10.9 Å². The fraction of sp³-hybridized carbons (Fsp3) is 0.100. The van der Waals surface area contributed by atoms with Crippen molar-refractivity contribution in [2.24, 2.45) is 0 Å². The molecule has 0 aliphatic heterocycles. The summed E-state index contributed by atoms with van der Waals surface area (Å²) in [7, 11) is 0. The van der Waals surface area contributed by atoms with Crippen LogP contribution in [0.15, 0.2) is 65.4 Å². The lowest BCUT2D eigenvalue weighted by Gasteiger charge is -2.06. The van der Waals surface area contributed by atoms with Crippen LogP contribution in [0.4, 0.5) is 11.4 Å². The first kappa shape index (κ1) is 17.2. The van der Waals surface area contributed by atoms with Gasteiger partial charge in [-0.25, -0.2) is 0 Å². The smallest absolute Gasteiger partial charge is 0.0714 e. The average Bonchev–Trinajstić information content (AvgIpc) is 2.65. The number of aromatic nitrogens is 2. The van der Waals surface area contributed by atoms with E-state index in [-0.39, 0.29) is 0 Å². The standard InChI is InChI=1S/C11H12N2.C9H7BrN2/c1-2-8-9-4-3-7-13-11(9)6-5-10(8)12;10-9-6-2-1-5-12-8(6)4-3-7(9)11/h3-7H,2,12H2,1H3;1-5H,11H2. The molecule has 0 saturated carbocycles. The van der Waals surface area contributed by atoms with Crippen molar-refractivity contribution in [3.63, 3.8) is 0 Å². The van der Waals surface area contributed by atoms with Crippen molar-refractivity contribution >= 4 is 49.1 Å². The van der Waals surface area contributed by atoms with Gasteiger partial charge in [-0.2, -0.15) is 0 Å². The van der Waals surface area contributed by atoms with Gasteiger partial charge in [-0.05, 0) is 64.3 Å². The molecule has 0 aliphatic rings. The Morgan fingerprint density at radius 3 is 2.00 bits per heavy atom. The van der Waals surface area contributed by atoms with Gasteiger partial charge in [0.2, 0.25) is 0 Å². The Kier molecular flexibility index (Phi) is 5.14. The van der Waals surface area contributed by atoms with Crippen molar-refractivity contribution in [1.29, 1.82) is 0 Å². The monoisotopic (exact) mass is 394 g/mol. The van der Waals surface area contributed by atoms with E-state index < -0.39 is 0 Å². The number of halogens is 1. The van der Waals surface area contributed by atoms with Crippen molar-refractivity contribution in [3.8, 4) is 0 Å². The fourth-order valence-electron chi connectivity index (χ4n) is 2.76. The highest BCUT2D eigenvalue weighted by molar-refractivity contribution is 9.10. The Morgan fingerprint density at radius 2 is 1.36 bits per heavy atom. The maximum Gasteiger partial charge on any atom is 0.0714 e. The Bertz CT molecular complexity index is 1030. The fourth-order valence-corrected chi connectivity index (χ4v) is 3.23. The molecule has 0 radical (unpaired) electrons. The van der Waals surface area contributed by atoms with E-state index in [0.717, 1.165) is 38.7 Å². The van der Waals surface area contributed by atoms with Crippen molar-refractivity contribution in [2.75, 3.05) is 11.5 Å². The Balaban J connectivity index is 0.000000146. The molecule has 2 aromatic heterocycles. The lowest BCUT2D eigenvalue weighted by Crippen LogP contribution is -1.94. The number of anilines is 2. The van der Waals surface area contributed by atoms with Crippen molar-refractivity contribution in [1.82, 2.24) is 9.97 Å². The predicted molar refractivity (Wildman–Crippen MR) is 109 cm³/mol. The third kappa shape index (κ3) is 3.56. The number of nitrogens with two attached hydrogens (primary N) is 2. The van der Waals surface area contributed by atoms with Crippen LogP contribution in [0.2, 0.25) is 0 Å². The molecule has 0 spiro atoms. The molecule has 0 amide bonds. The van der Waals surface area contributed by atoms with Crippen LogP contribution >= 0.6 is 15.9 Å². The summed E-state index contributed by atoms with van der Waals surface area (Å²) in [5, 5.41) is 2.22. The second-order valence-electron chi connectivity index (χ2n) is 5.60. The molecular formula is C20H19BrN4. The largest absolute Gasteiger partial charge is 0.398 e. The molecule has 4 nitrogen and oxygen atoms in total. The summed E-state index contributed by atoms with van der Waals surface area (Å²) in [5.41, 5.74) is 16.4. The minimum atomic E-state index is 0.746. The molecule has 0 fully saturated rings. The van der Waals surface area contributed by atoms with E-state index in [1.54, 1.807) is 12.4 Å². The Morgan fingerprint density at radius 1 is 0.800 bits per heavy atom. The number of nitrogen functional groups attached to an aromatic ring is 2. The first-order valence-electron chi connectivity index (χ1n) is 8.02. The quantitative estimate of drug-likeness (QED) is 0.447. The van der Waals surface area contributed by atoms with Gasteiger partial charge >= 0.3 is 0 Å². The van der Waals surface area contributed by atoms with Crippen molar-refractivity contribution < 1.29 is 0 Å². The van der Waals surface area contributed by atoms with E-state index in [1.807, 2.05) is 42.5 Å². The maximum atomic E-state index is 5.87. The van der Waals surface area contributed by atoms with Gasteiger partial charge in [0.1, 0.15) is 0 Å². The van der Waals surface area contributed by atoms with Crippen LogP contribution in [-0.2, 0) is 6.42 Å². The number of benzene rings is 2. The van der Waals surface area contributed by atoms with Crippen molar-refractivity contribution in [2.45, 2.75) is 13.3 Å². The minimum Gasteiger partial charge on any atom is -0.398 e. The molecule has 4 aromatic rings. The van der Waals surface area contributed by atoms with Gasteiger partial charge < -0.3 is 11.5 Å². The van der Waals surface area contributed by atoms with Gasteiger partial charge in [0.25, 0.3) is 0 Å². The first-order valence-corrected chi connectivity index (χ1v) is 8.82. The summed E-state index contributed by atoms with van der Waals surface area (Å²) < 4.78 is 0.924. The van der Waals surface area contributed by atoms with E-state index in [0.29, 0.717) is 0 Å². The van der Waals surface area contributed by atoms with Gasteiger partial charge in [-0.1, -0.05) is 19.1 Å². The lowest BCUT2D eigenvalue weighted by molar-refractivity contribution is 1.16. The SMILES string of the molecule is CCc1c(N)ccc2ncccc12.Nc1ccc2ncccc2c1Br. The highest BCUT2D eigenvalue weighted by atomic mass is 79.9. The second-order valence-corrected chi connectivity index (χ2v) is 6.39. The molecule has 0 unspecified atom stereocenters. The molecule has 2 aromatic carbocycles. The lowest BCUT2D eigenvalue weighted by atomic mass is 10.0. The van der Waals surface area contributed by atoms with Gasteiger partial charge in [-0.3, -0.25) is 9.97 Å². The number of hydrogen-bond donors (Lipinski definition) is 2. The molecule has 4 rings (SSSR count). The predicted octanol–water partition coefficient (Wildman–Crippen LogP) is 4.96. The molecule has 4 N–H and O–H groups in total. The number of hydrogen-bond acceptors (Lipinski definition) is 4. The molecule has 0 aliphatic carbocycles. The van der Waals surface area contributed by atoms with Crippen LogP contribution in [0.1, 0.15) is 12.5 Å². The van der Waals surface area contributed by atoms with Crippen LogP contribution in [0.3, 0.4) is 0 Å². The zero-order valence-electron chi connectivity index (χ0n) is 13.9. The number of pyridine rings is 2. The van der Waals surface area contributed by atoms with Crippen LogP contribution in [0.25, 0.3) is 21.8 Å². The zero-order valence-corrected chi connectivity index (χ0v) is 15.5. The first-order chi connectivity index (χ1) is 12.1. The van der Waals surface area contributed by atoms with E-state index >= 15 is 0 Å². The summed E-state index contributed by atoms with van der Waals surface area (Å²) in [6, 6.07) is 15.5. The normalized spacial score (nSPS) is 10.5. The zero-order chi connectivity index (χ0) is 17.8. The molecular weight excluding hydrogens is 376 g/mol. The van der Waals surface area contributed by atoms with E-state index in [4.69, 9.17) is 11.5 Å². The summed E-state index contributed by atoms with van der Waals surface area (Å²) in [5.74, 6) is 0. The van der Waals surface area contributed by atoms with E-state index in [2.05, 4.69) is 38.9 Å². The maximum absolute atomic E-state index is 5.87. The van der Waals surface area contributed by atoms with Gasteiger partial charge in [-0.15, -0.1) is 0 Å². The van der Waals surface area contributed by atoms with Crippen LogP contribution in [-0.4, -0.2) is 9.97 Å². The van der Waals surface area contributed by atoms with Gasteiger partial charge in [0, 0.05) is 39.0 Å². The summed E-state index contributed by atoms with van der Waals surface area (Å²) >= 11 is 3.42. The summed E-state index contributed by atoms with van der Waals surface area (Å²) in [6.45, 7) is 2.11. The molecule has 0 saturated heterocycles. The third-order valence-corrected chi connectivity index (χ3v) is 4.92. The number of rotatable bonds is 1. The second kappa shape index (κ2) is 7.49. The van der Waals surface area contributed by atoms with Crippen LogP contribution < -0.4 is 11.5 Å². The third-order valence-electron chi connectivity index (χ3n) is 4.04. The molecule has 126 valence electrons. The number of fused-ring (bicyclic) bond motifs is 2. The number of aryl methyl sites for hydroxylation is 1. The topological polar surface area (TPSA) is 77.8 Å². The molecule has 0 atom stereocenters. The highest BCUT2D eigenvalue weighted by Crippen LogP contribution is 2.27. The molecule has 25 heavy (non-hydrogen) atoms. The Hall–Kier alpha value is -2.66. The Labute approximate surface area is 155 Å². The van der Waals surface area contributed by atoms with Crippen molar-refractivity contribution in [3.05, 3.63) is 71.0 Å². The number of nitrogens with zero attached hydrogens (tertiary/aromatic N) is 2. The van der Waals surface area contributed by atoms with E-state index in [9.17, 15) is 0 Å². The summed E-state index contributed by atoms with van der Waals surface area (Å²) in [4.78, 5) is 8.47. The summed E-state index contributed by atoms with van der Waals surface area (Å²) in [6.07, 6.45) is 4.53. The van der Waals surface area contributed by atoms with Crippen LogP contribution in [0.5, 0.6) is 0 Å². The average molecular weight is 395 g/mol. The minimum absolute atomic E-state index is 0.746. The highest BCUT2D eigenvalue weighted by Gasteiger charge is 2.03. The molecule has 5 heteroatoms. The van der Waals surface area contributed by atoms with Gasteiger partial charge in [0.05, 0.1) is 11.0 Å².